The molecule has 0 saturated carbocycles. The molecule has 1 aliphatic carbocycles. The molecule has 4 rings (SSSR count). The van der Waals surface area contributed by atoms with Crippen LogP contribution in [0.1, 0.15) is 34.1 Å². The number of carbonyl (C=O) groups excluding carboxylic acids is 2. The van der Waals surface area contributed by atoms with E-state index < -0.39 is 5.97 Å². The maximum atomic E-state index is 12.5. The minimum absolute atomic E-state index is 0.151. The van der Waals surface area contributed by atoms with Crippen LogP contribution in [0, 0.1) is 5.92 Å². The van der Waals surface area contributed by atoms with Gasteiger partial charge in [0.25, 0.3) is 0 Å². The van der Waals surface area contributed by atoms with Gasteiger partial charge in [0.05, 0.1) is 18.4 Å². The van der Waals surface area contributed by atoms with E-state index in [9.17, 15) is 9.59 Å². The van der Waals surface area contributed by atoms with Crippen molar-refractivity contribution in [1.29, 1.82) is 0 Å². The molecule has 0 bridgehead atoms. The van der Waals surface area contributed by atoms with Crippen molar-refractivity contribution >= 4 is 50.9 Å². The number of benzene rings is 1. The van der Waals surface area contributed by atoms with Crippen molar-refractivity contribution in [2.24, 2.45) is 5.92 Å². The van der Waals surface area contributed by atoms with Crippen LogP contribution >= 0.6 is 23.1 Å². The number of thiophene rings is 1. The third-order valence-electron chi connectivity index (χ3n) is 4.96. The normalized spacial score (nSPS) is 15.7. The van der Waals surface area contributed by atoms with E-state index in [1.807, 2.05) is 0 Å². The highest BCUT2D eigenvalue weighted by atomic mass is 32.2. The lowest BCUT2D eigenvalue weighted by molar-refractivity contribution is -0.113. The zero-order valence-corrected chi connectivity index (χ0v) is 17.9. The number of esters is 1. The van der Waals surface area contributed by atoms with Crippen molar-refractivity contribution in [2.75, 3.05) is 18.2 Å². The molecule has 0 radical (unpaired) electrons. The Bertz CT molecular complexity index is 1080. The summed E-state index contributed by atoms with van der Waals surface area (Å²) in [6, 6.07) is 6.71. The first-order valence-corrected chi connectivity index (χ1v) is 11.2. The van der Waals surface area contributed by atoms with E-state index in [2.05, 4.69) is 22.2 Å². The van der Waals surface area contributed by atoms with Gasteiger partial charge >= 0.3 is 5.97 Å². The summed E-state index contributed by atoms with van der Waals surface area (Å²) in [7, 11) is 1.33. The Morgan fingerprint density at radius 1 is 1.34 bits per heavy atom. The summed E-state index contributed by atoms with van der Waals surface area (Å²) in [4.78, 5) is 35.4. The van der Waals surface area contributed by atoms with E-state index in [1.165, 1.54) is 35.7 Å². The maximum absolute atomic E-state index is 12.5. The molecule has 1 aliphatic rings. The number of fused-ring (bicyclic) bond motifs is 3. The number of amides is 1. The summed E-state index contributed by atoms with van der Waals surface area (Å²) < 4.78 is 4.72. The minimum Gasteiger partial charge on any atom is -0.465 e. The van der Waals surface area contributed by atoms with Crippen LogP contribution in [0.25, 0.3) is 10.2 Å². The van der Waals surface area contributed by atoms with E-state index in [-0.39, 0.29) is 11.7 Å². The predicted molar refractivity (Wildman–Crippen MR) is 116 cm³/mol. The number of aromatic nitrogens is 2. The highest BCUT2D eigenvalue weighted by molar-refractivity contribution is 8.00. The second-order valence-electron chi connectivity index (χ2n) is 7.12. The number of hydrogen-bond donors (Lipinski definition) is 1. The number of anilines is 1. The second kappa shape index (κ2) is 8.51. The van der Waals surface area contributed by atoms with Crippen LogP contribution in [-0.4, -0.2) is 34.7 Å². The Balaban J connectivity index is 1.47. The molecule has 0 spiro atoms. The van der Waals surface area contributed by atoms with Crippen molar-refractivity contribution in [3.05, 3.63) is 46.6 Å². The number of thioether (sulfide) groups is 1. The lowest BCUT2D eigenvalue weighted by atomic mass is 9.89. The van der Waals surface area contributed by atoms with Crippen molar-refractivity contribution in [2.45, 2.75) is 31.2 Å². The fraction of sp³-hybridized carbons (Fsp3) is 0.333. The molecule has 1 N–H and O–H groups in total. The number of nitrogens with zero attached hydrogens (tertiary/aromatic N) is 2. The van der Waals surface area contributed by atoms with Gasteiger partial charge in [-0.05, 0) is 48.9 Å². The van der Waals surface area contributed by atoms with Crippen LogP contribution in [0.2, 0.25) is 0 Å². The Hall–Kier alpha value is -2.45. The van der Waals surface area contributed by atoms with Gasteiger partial charge in [-0.3, -0.25) is 4.79 Å². The zero-order chi connectivity index (χ0) is 20.4. The molecule has 8 heteroatoms. The third kappa shape index (κ3) is 4.28. The van der Waals surface area contributed by atoms with Gasteiger partial charge in [-0.1, -0.05) is 24.8 Å². The molecule has 1 unspecified atom stereocenters. The average Bonchev–Trinajstić information content (AvgIpc) is 3.09. The van der Waals surface area contributed by atoms with Crippen LogP contribution in [0.5, 0.6) is 0 Å². The summed E-state index contributed by atoms with van der Waals surface area (Å²) in [5.41, 5.74) is 2.32. The standard InChI is InChI=1S/C21H21N3O3S2/c1-12-6-7-15-16(8-12)29-20-18(15)19(22-11-23-20)28-10-17(25)24-14-5-3-4-13(9-14)21(26)27-2/h3-5,9,11-12H,6-8,10H2,1-2H3,(H,24,25). The number of aryl methyl sites for hydroxylation is 1. The van der Waals surface area contributed by atoms with Crippen molar-refractivity contribution in [3.63, 3.8) is 0 Å². The fourth-order valence-electron chi connectivity index (χ4n) is 3.53. The van der Waals surface area contributed by atoms with Gasteiger partial charge in [0.15, 0.2) is 0 Å². The molecule has 3 aromatic rings. The van der Waals surface area contributed by atoms with E-state index in [4.69, 9.17) is 4.74 Å². The number of hydrogen-bond acceptors (Lipinski definition) is 7. The van der Waals surface area contributed by atoms with Gasteiger partial charge in [-0.2, -0.15) is 0 Å². The summed E-state index contributed by atoms with van der Waals surface area (Å²) in [6.45, 7) is 2.29. The molecule has 29 heavy (non-hydrogen) atoms. The van der Waals surface area contributed by atoms with E-state index in [0.29, 0.717) is 17.2 Å². The molecular weight excluding hydrogens is 406 g/mol. The second-order valence-corrected chi connectivity index (χ2v) is 9.17. The first-order chi connectivity index (χ1) is 14.0. The summed E-state index contributed by atoms with van der Waals surface area (Å²) in [6.07, 6.45) is 4.89. The smallest absolute Gasteiger partial charge is 0.337 e. The molecule has 6 nitrogen and oxygen atoms in total. The molecule has 0 aliphatic heterocycles. The SMILES string of the molecule is COC(=O)c1cccc(NC(=O)CSc2ncnc3sc4c(c23)CCC(C)C4)c1. The largest absolute Gasteiger partial charge is 0.465 e. The lowest BCUT2D eigenvalue weighted by Gasteiger charge is -2.18. The van der Waals surface area contributed by atoms with Crippen molar-refractivity contribution in [1.82, 2.24) is 9.97 Å². The van der Waals surface area contributed by atoms with Crippen molar-refractivity contribution < 1.29 is 14.3 Å². The van der Waals surface area contributed by atoms with Gasteiger partial charge in [-0.15, -0.1) is 11.3 Å². The monoisotopic (exact) mass is 427 g/mol. The van der Waals surface area contributed by atoms with Crippen LogP contribution in [0.3, 0.4) is 0 Å². The van der Waals surface area contributed by atoms with Gasteiger partial charge in [0.2, 0.25) is 5.91 Å². The topological polar surface area (TPSA) is 81.2 Å². The van der Waals surface area contributed by atoms with Gasteiger partial charge < -0.3 is 10.1 Å². The van der Waals surface area contributed by atoms with Crippen LogP contribution in [-0.2, 0) is 22.4 Å². The molecule has 150 valence electrons. The highest BCUT2D eigenvalue weighted by Gasteiger charge is 2.23. The molecule has 2 aromatic heterocycles. The van der Waals surface area contributed by atoms with Gasteiger partial charge in [-0.25, -0.2) is 14.8 Å². The Labute approximate surface area is 177 Å². The molecule has 1 atom stereocenters. The predicted octanol–water partition coefficient (Wildman–Crippen LogP) is 4.33. The summed E-state index contributed by atoms with van der Waals surface area (Å²) >= 11 is 3.17. The highest BCUT2D eigenvalue weighted by Crippen LogP contribution is 2.40. The minimum atomic E-state index is -0.435. The van der Waals surface area contributed by atoms with Crippen molar-refractivity contribution in [3.8, 4) is 0 Å². The third-order valence-corrected chi connectivity index (χ3v) is 7.12. The zero-order valence-electron chi connectivity index (χ0n) is 16.2. The molecule has 1 amide bonds. The van der Waals surface area contributed by atoms with E-state index in [1.54, 1.807) is 41.9 Å². The Kier molecular flexibility index (Phi) is 5.82. The molecule has 0 saturated heterocycles. The Morgan fingerprint density at radius 3 is 3.03 bits per heavy atom. The van der Waals surface area contributed by atoms with Gasteiger partial charge in [0, 0.05) is 16.0 Å². The quantitative estimate of drug-likeness (QED) is 0.371. The lowest BCUT2D eigenvalue weighted by Crippen LogP contribution is -2.15. The van der Waals surface area contributed by atoms with Crippen LogP contribution in [0.4, 0.5) is 5.69 Å². The van der Waals surface area contributed by atoms with Crippen LogP contribution < -0.4 is 5.32 Å². The maximum Gasteiger partial charge on any atom is 0.337 e. The molecule has 2 heterocycles. The number of methoxy groups -OCH3 is 1. The molecule has 0 fully saturated rings. The first kappa shape index (κ1) is 19.8. The molecule has 1 aromatic carbocycles. The summed E-state index contributed by atoms with van der Waals surface area (Å²) in [5, 5.41) is 4.81. The number of carbonyl (C=O) groups is 2. The van der Waals surface area contributed by atoms with E-state index >= 15 is 0 Å². The Morgan fingerprint density at radius 2 is 2.21 bits per heavy atom. The first-order valence-electron chi connectivity index (χ1n) is 9.41. The number of nitrogens with one attached hydrogen (secondary N) is 1. The van der Waals surface area contributed by atoms with Crippen LogP contribution in [0.15, 0.2) is 35.6 Å². The average molecular weight is 428 g/mol. The number of ether oxygens (including phenoxy) is 1. The summed E-state index contributed by atoms with van der Waals surface area (Å²) in [5.74, 6) is 0.346. The number of rotatable bonds is 5. The fourth-order valence-corrected chi connectivity index (χ4v) is 5.77. The van der Waals surface area contributed by atoms with Gasteiger partial charge in [0.1, 0.15) is 16.2 Å². The molecular formula is C21H21N3O3S2. The van der Waals surface area contributed by atoms with E-state index in [0.717, 1.165) is 28.1 Å².